The molecule has 0 radical (unpaired) electrons. The van der Waals surface area contributed by atoms with E-state index >= 15 is 0 Å². The van der Waals surface area contributed by atoms with Crippen LogP contribution in [0.3, 0.4) is 0 Å². The van der Waals surface area contributed by atoms with Gasteiger partial charge in [-0.15, -0.1) is 0 Å². The van der Waals surface area contributed by atoms with E-state index < -0.39 is 0 Å². The minimum absolute atomic E-state index is 0.198. The Morgan fingerprint density at radius 3 is 2.65 bits per heavy atom. The number of hydrogen-bond acceptors (Lipinski definition) is 2. The van der Waals surface area contributed by atoms with E-state index in [9.17, 15) is 0 Å². The molecule has 0 N–H and O–H groups in total. The van der Waals surface area contributed by atoms with Crippen molar-refractivity contribution in [2.45, 2.75) is 39.2 Å². The number of nitrogens with zero attached hydrogens (tertiary/aromatic N) is 2. The van der Waals surface area contributed by atoms with Crippen molar-refractivity contribution in [1.82, 2.24) is 9.80 Å². The summed E-state index contributed by atoms with van der Waals surface area (Å²) in [5.41, 5.74) is 4.79. The van der Waals surface area contributed by atoms with Crippen LogP contribution in [0.2, 0.25) is 0 Å². The lowest BCUT2D eigenvalue weighted by atomic mass is 9.90. The molecule has 0 spiro atoms. The van der Waals surface area contributed by atoms with Gasteiger partial charge in [-0.25, -0.2) is 0 Å². The van der Waals surface area contributed by atoms with Gasteiger partial charge in [-0.1, -0.05) is 38.3 Å². The molecule has 2 rings (SSSR count). The van der Waals surface area contributed by atoms with Gasteiger partial charge in [-0.05, 0) is 44.5 Å². The van der Waals surface area contributed by atoms with Crippen LogP contribution in [0.25, 0.3) is 0 Å². The van der Waals surface area contributed by atoms with Crippen LogP contribution in [-0.4, -0.2) is 28.4 Å². The van der Waals surface area contributed by atoms with Gasteiger partial charge in [0.05, 0.1) is 16.9 Å². The Morgan fingerprint density at radius 2 is 2.10 bits per heavy atom. The monoisotopic (exact) mass is 270 g/mol. The molecule has 108 valence electrons. The van der Waals surface area contributed by atoms with Gasteiger partial charge in [0.25, 0.3) is 0 Å². The molecule has 2 saturated heterocycles. The van der Waals surface area contributed by atoms with Crippen molar-refractivity contribution in [1.29, 1.82) is 0 Å². The second kappa shape index (κ2) is 5.35. The Bertz CT molecular complexity index is 510. The summed E-state index contributed by atoms with van der Waals surface area (Å²) >= 11 is 0. The Kier molecular flexibility index (Phi) is 3.94. The van der Waals surface area contributed by atoms with Crippen LogP contribution in [0.15, 0.2) is 60.6 Å². The molecular weight excluding hydrogens is 244 g/mol. The smallest absolute Gasteiger partial charge is 0.0634 e. The van der Waals surface area contributed by atoms with Crippen LogP contribution >= 0.6 is 0 Å². The summed E-state index contributed by atoms with van der Waals surface area (Å²) in [4.78, 5) is 4.74. The van der Waals surface area contributed by atoms with Crippen LogP contribution in [0.4, 0.5) is 0 Å². The summed E-state index contributed by atoms with van der Waals surface area (Å²) < 4.78 is 0. The van der Waals surface area contributed by atoms with Gasteiger partial charge in [-0.2, -0.15) is 0 Å². The number of hydrogen-bond donors (Lipinski definition) is 0. The number of rotatable bonds is 4. The van der Waals surface area contributed by atoms with Gasteiger partial charge in [0.1, 0.15) is 0 Å². The van der Waals surface area contributed by atoms with E-state index in [2.05, 4.69) is 55.5 Å². The predicted octanol–water partition coefficient (Wildman–Crippen LogP) is 4.22. The van der Waals surface area contributed by atoms with Gasteiger partial charge in [0, 0.05) is 13.1 Å². The standard InChI is InChI=1S/C18H26N2/c1-7-18-11-12-19(13-18)17(16(6)20(18)8-2)10-9-15(5)14(3)4/h8-10H,2-3,6-7,11-13H2,1,4-5H3/b15-9+,17-10+. The fraction of sp³-hybridized carbons (Fsp3) is 0.444. The highest BCUT2D eigenvalue weighted by molar-refractivity contribution is 5.40. The van der Waals surface area contributed by atoms with Crippen LogP contribution in [0.1, 0.15) is 33.6 Å². The Balaban J connectivity index is 2.36. The maximum Gasteiger partial charge on any atom is 0.0634 e. The molecule has 0 aliphatic carbocycles. The number of allylic oxidation sites excluding steroid dienone is 4. The molecule has 0 amide bonds. The summed E-state index contributed by atoms with van der Waals surface area (Å²) in [5, 5.41) is 0. The molecule has 1 unspecified atom stereocenters. The summed E-state index contributed by atoms with van der Waals surface area (Å²) in [5.74, 6) is 0. The zero-order valence-corrected chi connectivity index (χ0v) is 13.1. The van der Waals surface area contributed by atoms with E-state index in [4.69, 9.17) is 0 Å². The zero-order chi connectivity index (χ0) is 14.9. The average molecular weight is 270 g/mol. The lowest BCUT2D eigenvalue weighted by Gasteiger charge is -2.46. The van der Waals surface area contributed by atoms with Crippen LogP contribution < -0.4 is 0 Å². The number of piperazine rings is 1. The average Bonchev–Trinajstić information content (AvgIpc) is 2.80. The van der Waals surface area contributed by atoms with Crippen LogP contribution in [0, 0.1) is 0 Å². The normalized spacial score (nSPS) is 28.2. The maximum absolute atomic E-state index is 4.30. The van der Waals surface area contributed by atoms with Gasteiger partial charge >= 0.3 is 0 Å². The quantitative estimate of drug-likeness (QED) is 0.706. The highest BCUT2D eigenvalue weighted by Gasteiger charge is 2.47. The van der Waals surface area contributed by atoms with E-state index in [1.54, 1.807) is 0 Å². The fourth-order valence-electron chi connectivity index (χ4n) is 3.16. The third-order valence-electron chi connectivity index (χ3n) is 4.78. The second-order valence-electron chi connectivity index (χ2n) is 5.93. The summed E-state index contributed by atoms with van der Waals surface area (Å²) in [7, 11) is 0. The van der Waals surface area contributed by atoms with Crippen molar-refractivity contribution >= 4 is 0 Å². The SMILES string of the molecule is C=CN1C(=C)/C(=C\C=C(/C)C(=C)C)N2CCC1(CC)C2. The van der Waals surface area contributed by atoms with Crippen LogP contribution in [-0.2, 0) is 0 Å². The zero-order valence-electron chi connectivity index (χ0n) is 13.1. The van der Waals surface area contributed by atoms with Crippen molar-refractivity contribution in [3.05, 3.63) is 60.6 Å². The molecule has 20 heavy (non-hydrogen) atoms. The van der Waals surface area contributed by atoms with Crippen molar-refractivity contribution in [3.8, 4) is 0 Å². The Labute approximate surface area is 123 Å². The van der Waals surface area contributed by atoms with Gasteiger partial charge < -0.3 is 9.80 Å². The minimum Gasteiger partial charge on any atom is -0.367 e. The molecule has 0 aromatic rings. The van der Waals surface area contributed by atoms with Gasteiger partial charge in [0.15, 0.2) is 0 Å². The first-order valence-corrected chi connectivity index (χ1v) is 7.36. The lowest BCUT2D eigenvalue weighted by molar-refractivity contribution is 0.158. The van der Waals surface area contributed by atoms with E-state index in [0.29, 0.717) is 0 Å². The largest absolute Gasteiger partial charge is 0.367 e. The van der Waals surface area contributed by atoms with Gasteiger partial charge in [-0.3, -0.25) is 0 Å². The topological polar surface area (TPSA) is 6.48 Å². The molecule has 2 heteroatoms. The highest BCUT2D eigenvalue weighted by Crippen LogP contribution is 2.43. The summed E-state index contributed by atoms with van der Waals surface area (Å²) in [6, 6.07) is 0. The van der Waals surface area contributed by atoms with Crippen molar-refractivity contribution in [3.63, 3.8) is 0 Å². The lowest BCUT2D eigenvalue weighted by Crippen LogP contribution is -2.51. The van der Waals surface area contributed by atoms with E-state index in [1.165, 1.54) is 17.7 Å². The fourth-order valence-corrected chi connectivity index (χ4v) is 3.16. The molecule has 2 bridgehead atoms. The number of fused-ring (bicyclic) bond motifs is 2. The first kappa shape index (κ1) is 14.7. The van der Waals surface area contributed by atoms with E-state index in [0.717, 1.165) is 30.8 Å². The van der Waals surface area contributed by atoms with Crippen molar-refractivity contribution < 1.29 is 0 Å². The molecule has 0 saturated carbocycles. The molecule has 2 nitrogen and oxygen atoms in total. The first-order chi connectivity index (χ1) is 9.45. The Hall–Kier alpha value is -1.70. The van der Waals surface area contributed by atoms with Crippen molar-refractivity contribution in [2.75, 3.05) is 13.1 Å². The Morgan fingerprint density at radius 1 is 1.40 bits per heavy atom. The minimum atomic E-state index is 0.198. The molecule has 2 fully saturated rings. The van der Waals surface area contributed by atoms with Crippen LogP contribution in [0.5, 0.6) is 0 Å². The third-order valence-corrected chi connectivity index (χ3v) is 4.78. The highest BCUT2D eigenvalue weighted by atomic mass is 15.4. The maximum atomic E-state index is 4.30. The molecule has 2 aliphatic rings. The summed E-state index contributed by atoms with van der Waals surface area (Å²) in [6.45, 7) is 20.8. The molecule has 1 atom stereocenters. The molecule has 0 aromatic heterocycles. The molecule has 2 aliphatic heterocycles. The third kappa shape index (κ3) is 2.24. The first-order valence-electron chi connectivity index (χ1n) is 7.36. The second-order valence-corrected chi connectivity index (χ2v) is 5.93. The van der Waals surface area contributed by atoms with E-state index in [1.807, 2.05) is 13.1 Å². The molecule has 2 heterocycles. The summed E-state index contributed by atoms with van der Waals surface area (Å²) in [6.07, 6.45) is 8.56. The van der Waals surface area contributed by atoms with E-state index in [-0.39, 0.29) is 5.54 Å². The predicted molar refractivity (Wildman–Crippen MR) is 87.0 cm³/mol. The molecule has 0 aromatic carbocycles. The molecular formula is C18H26N2. The van der Waals surface area contributed by atoms with Crippen molar-refractivity contribution in [2.24, 2.45) is 0 Å². The van der Waals surface area contributed by atoms with Gasteiger partial charge in [0.2, 0.25) is 0 Å².